The van der Waals surface area contributed by atoms with Crippen LogP contribution >= 0.6 is 0 Å². The van der Waals surface area contributed by atoms with Crippen molar-refractivity contribution in [2.75, 3.05) is 18.5 Å². The zero-order chi connectivity index (χ0) is 17.4. The van der Waals surface area contributed by atoms with E-state index < -0.39 is 5.92 Å². The first-order valence-corrected chi connectivity index (χ1v) is 7.66. The number of carbonyl (C=O) groups excluding carboxylic acids is 2. The monoisotopic (exact) mass is 319 g/mol. The molecule has 1 rings (SSSR count). The van der Waals surface area contributed by atoms with E-state index in [1.807, 2.05) is 32.0 Å². The van der Waals surface area contributed by atoms with Gasteiger partial charge in [-0.3, -0.25) is 9.59 Å². The summed E-state index contributed by atoms with van der Waals surface area (Å²) in [6, 6.07) is 5.97. The van der Waals surface area contributed by atoms with Gasteiger partial charge in [0.05, 0.1) is 19.1 Å². The van der Waals surface area contributed by atoms with Gasteiger partial charge in [0.1, 0.15) is 0 Å². The van der Waals surface area contributed by atoms with Gasteiger partial charge in [-0.25, -0.2) is 5.43 Å². The molecule has 0 spiro atoms. The van der Waals surface area contributed by atoms with E-state index in [0.29, 0.717) is 12.3 Å². The van der Waals surface area contributed by atoms with Crippen LogP contribution < -0.4 is 10.7 Å². The highest BCUT2D eigenvalue weighted by Crippen LogP contribution is 2.15. The molecule has 0 heterocycles. The molecule has 0 aliphatic heterocycles. The van der Waals surface area contributed by atoms with Crippen LogP contribution in [0.2, 0.25) is 0 Å². The van der Waals surface area contributed by atoms with Gasteiger partial charge in [0.15, 0.2) is 0 Å². The van der Waals surface area contributed by atoms with Crippen molar-refractivity contribution in [3.63, 3.8) is 0 Å². The summed E-state index contributed by atoms with van der Waals surface area (Å²) in [5.41, 5.74) is 6.10. The number of hydrazone groups is 1. The second-order valence-electron chi connectivity index (χ2n) is 5.43. The number of rotatable bonds is 7. The number of esters is 1. The molecule has 0 radical (unpaired) electrons. The van der Waals surface area contributed by atoms with Crippen LogP contribution in [0.1, 0.15) is 31.9 Å². The Bertz CT molecular complexity index is 597. The Morgan fingerprint density at radius 2 is 2.00 bits per heavy atom. The number of amides is 1. The van der Waals surface area contributed by atoms with Crippen molar-refractivity contribution in [1.82, 2.24) is 5.43 Å². The van der Waals surface area contributed by atoms with E-state index >= 15 is 0 Å². The molecule has 0 saturated carbocycles. The lowest BCUT2D eigenvalue weighted by Crippen LogP contribution is -2.29. The van der Waals surface area contributed by atoms with E-state index in [1.54, 1.807) is 20.8 Å². The molecular formula is C17H25N3O3. The largest absolute Gasteiger partial charge is 0.465 e. The van der Waals surface area contributed by atoms with Crippen LogP contribution in [0.15, 0.2) is 23.3 Å². The molecule has 23 heavy (non-hydrogen) atoms. The Balaban J connectivity index is 2.50. The standard InChI is InChI=1S/C17H25N3O3/c1-6-23-17(22)13(4)14(5)19-20-16(21)10-18-15-8-7-11(2)9-12(15)3/h7-9,13,18H,6,10H2,1-5H3,(H,20,21)/b19-14-/t13-/m1/s1. The third kappa shape index (κ3) is 6.10. The molecule has 1 aromatic carbocycles. The molecule has 2 N–H and O–H groups in total. The lowest BCUT2D eigenvalue weighted by molar-refractivity contribution is -0.145. The third-order valence-corrected chi connectivity index (χ3v) is 3.45. The lowest BCUT2D eigenvalue weighted by atomic mass is 10.1. The minimum Gasteiger partial charge on any atom is -0.465 e. The summed E-state index contributed by atoms with van der Waals surface area (Å²) in [6.07, 6.45) is 0. The van der Waals surface area contributed by atoms with Crippen molar-refractivity contribution in [3.8, 4) is 0 Å². The summed E-state index contributed by atoms with van der Waals surface area (Å²) in [6.45, 7) is 9.55. The highest BCUT2D eigenvalue weighted by atomic mass is 16.5. The van der Waals surface area contributed by atoms with Crippen LogP contribution in [-0.4, -0.2) is 30.7 Å². The number of hydrogen-bond acceptors (Lipinski definition) is 5. The van der Waals surface area contributed by atoms with E-state index in [1.165, 1.54) is 5.56 Å². The van der Waals surface area contributed by atoms with Crippen LogP contribution in [0.25, 0.3) is 0 Å². The maximum Gasteiger partial charge on any atom is 0.314 e. The van der Waals surface area contributed by atoms with Crippen LogP contribution in [0.4, 0.5) is 5.69 Å². The number of ether oxygens (including phenoxy) is 1. The summed E-state index contributed by atoms with van der Waals surface area (Å²) in [5.74, 6) is -1.11. The number of benzene rings is 1. The fourth-order valence-corrected chi connectivity index (χ4v) is 1.91. The summed E-state index contributed by atoms with van der Waals surface area (Å²) < 4.78 is 4.91. The quantitative estimate of drug-likeness (QED) is 0.459. The average Bonchev–Trinajstić information content (AvgIpc) is 2.51. The molecule has 0 aliphatic rings. The number of carbonyl (C=O) groups is 2. The zero-order valence-corrected chi connectivity index (χ0v) is 14.4. The minimum atomic E-state index is -0.484. The summed E-state index contributed by atoms with van der Waals surface area (Å²) in [5, 5.41) is 7.02. The minimum absolute atomic E-state index is 0.106. The molecule has 0 fully saturated rings. The third-order valence-electron chi connectivity index (χ3n) is 3.45. The second-order valence-corrected chi connectivity index (χ2v) is 5.43. The van der Waals surface area contributed by atoms with Gasteiger partial charge in [-0.15, -0.1) is 0 Å². The first-order valence-electron chi connectivity index (χ1n) is 7.66. The SMILES string of the molecule is CCOC(=O)[C@H](C)/C(C)=N\NC(=O)CNc1ccc(C)cc1C. The summed E-state index contributed by atoms with van der Waals surface area (Å²) in [4.78, 5) is 23.4. The molecule has 0 bridgehead atoms. The smallest absolute Gasteiger partial charge is 0.314 e. The molecule has 6 nitrogen and oxygen atoms in total. The maximum atomic E-state index is 11.8. The Kier molecular flexibility index (Phi) is 7.25. The zero-order valence-electron chi connectivity index (χ0n) is 14.4. The first-order chi connectivity index (χ1) is 10.8. The summed E-state index contributed by atoms with van der Waals surface area (Å²) >= 11 is 0. The van der Waals surface area contributed by atoms with Crippen LogP contribution in [0.5, 0.6) is 0 Å². The second kappa shape index (κ2) is 8.92. The Morgan fingerprint density at radius 1 is 1.30 bits per heavy atom. The molecule has 0 aromatic heterocycles. The maximum absolute atomic E-state index is 11.8. The number of anilines is 1. The first kappa shape index (κ1) is 18.7. The van der Waals surface area contributed by atoms with E-state index in [2.05, 4.69) is 15.8 Å². The molecule has 1 aromatic rings. The predicted molar refractivity (Wildman–Crippen MR) is 91.5 cm³/mol. The van der Waals surface area contributed by atoms with Crippen LogP contribution in [0.3, 0.4) is 0 Å². The Labute approximate surface area is 137 Å². The van der Waals surface area contributed by atoms with Crippen molar-refractivity contribution in [1.29, 1.82) is 0 Å². The van der Waals surface area contributed by atoms with Gasteiger partial charge in [-0.1, -0.05) is 17.7 Å². The van der Waals surface area contributed by atoms with Crippen molar-refractivity contribution in [3.05, 3.63) is 29.3 Å². The molecular weight excluding hydrogens is 294 g/mol. The van der Waals surface area contributed by atoms with E-state index in [-0.39, 0.29) is 18.4 Å². The molecule has 6 heteroatoms. The van der Waals surface area contributed by atoms with E-state index in [4.69, 9.17) is 4.74 Å². The van der Waals surface area contributed by atoms with Gasteiger partial charge >= 0.3 is 5.97 Å². The van der Waals surface area contributed by atoms with Gasteiger partial charge in [0.2, 0.25) is 0 Å². The van der Waals surface area contributed by atoms with Gasteiger partial charge in [-0.2, -0.15) is 5.10 Å². The molecule has 0 aliphatic carbocycles. The molecule has 1 atom stereocenters. The summed E-state index contributed by atoms with van der Waals surface area (Å²) in [7, 11) is 0. The topological polar surface area (TPSA) is 79.8 Å². The molecule has 0 unspecified atom stereocenters. The van der Waals surface area contributed by atoms with E-state index in [9.17, 15) is 9.59 Å². The lowest BCUT2D eigenvalue weighted by Gasteiger charge is -2.11. The van der Waals surface area contributed by atoms with E-state index in [0.717, 1.165) is 11.3 Å². The Hall–Kier alpha value is -2.37. The molecule has 0 saturated heterocycles. The van der Waals surface area contributed by atoms with Crippen molar-refractivity contribution in [2.45, 2.75) is 34.6 Å². The fraction of sp³-hybridized carbons (Fsp3) is 0.471. The van der Waals surface area contributed by atoms with Gasteiger partial charge in [-0.05, 0) is 46.2 Å². The normalized spacial score (nSPS) is 12.5. The van der Waals surface area contributed by atoms with Crippen molar-refractivity contribution >= 4 is 23.3 Å². The Morgan fingerprint density at radius 3 is 2.61 bits per heavy atom. The van der Waals surface area contributed by atoms with Gasteiger partial charge < -0.3 is 10.1 Å². The number of nitrogens with zero attached hydrogens (tertiary/aromatic N) is 1. The van der Waals surface area contributed by atoms with Crippen molar-refractivity contribution in [2.24, 2.45) is 11.0 Å². The highest BCUT2D eigenvalue weighted by Gasteiger charge is 2.17. The van der Waals surface area contributed by atoms with Gasteiger partial charge in [0, 0.05) is 11.4 Å². The predicted octanol–water partition coefficient (Wildman–Crippen LogP) is 2.41. The number of hydrogen-bond donors (Lipinski definition) is 2. The number of aryl methyl sites for hydroxylation is 2. The van der Waals surface area contributed by atoms with Gasteiger partial charge in [0.25, 0.3) is 5.91 Å². The van der Waals surface area contributed by atoms with Crippen LogP contribution in [0, 0.1) is 19.8 Å². The molecule has 1 amide bonds. The molecule has 126 valence electrons. The average molecular weight is 319 g/mol. The fourth-order valence-electron chi connectivity index (χ4n) is 1.91. The number of nitrogens with one attached hydrogen (secondary N) is 2. The van der Waals surface area contributed by atoms with Crippen LogP contribution in [-0.2, 0) is 14.3 Å². The highest BCUT2D eigenvalue weighted by molar-refractivity contribution is 6.00. The van der Waals surface area contributed by atoms with Crippen molar-refractivity contribution < 1.29 is 14.3 Å².